The molecule has 2 fully saturated rings. The van der Waals surface area contributed by atoms with Gasteiger partial charge in [-0.15, -0.1) is 0 Å². The molecule has 7 heteroatoms. The maximum absolute atomic E-state index is 12.5. The second kappa shape index (κ2) is 6.88. The molecule has 1 aliphatic carbocycles. The van der Waals surface area contributed by atoms with Crippen molar-refractivity contribution < 1.29 is 13.2 Å². The van der Waals surface area contributed by atoms with Crippen molar-refractivity contribution in [2.45, 2.75) is 56.9 Å². The predicted molar refractivity (Wildman–Crippen MR) is 92.2 cm³/mol. The minimum Gasteiger partial charge on any atom is -0.356 e. The standard InChI is InChI=1S/C17H27N3O3S/c1-12-6-5-7-15(13(12)2)19-17(21)16-10-14(11-18-16)24(22,23)20-8-3-4-9-20/h10-13,15,18H,3-9H2,1-2H3,(H,19,21). The summed E-state index contributed by atoms with van der Waals surface area (Å²) >= 11 is 0. The molecule has 1 saturated heterocycles. The van der Waals surface area contributed by atoms with Crippen LogP contribution in [0, 0.1) is 11.8 Å². The Morgan fingerprint density at radius 3 is 2.62 bits per heavy atom. The van der Waals surface area contributed by atoms with Gasteiger partial charge in [-0.3, -0.25) is 4.79 Å². The van der Waals surface area contributed by atoms with Crippen molar-refractivity contribution in [2.24, 2.45) is 11.8 Å². The molecule has 1 aromatic heterocycles. The zero-order chi connectivity index (χ0) is 17.3. The normalized spacial score (nSPS) is 28.8. The number of nitrogens with zero attached hydrogens (tertiary/aromatic N) is 1. The average molecular weight is 353 g/mol. The molecule has 0 aromatic carbocycles. The molecule has 2 N–H and O–H groups in total. The van der Waals surface area contributed by atoms with Crippen molar-refractivity contribution in [3.05, 3.63) is 18.0 Å². The third kappa shape index (κ3) is 3.37. The van der Waals surface area contributed by atoms with E-state index in [9.17, 15) is 13.2 Å². The first-order chi connectivity index (χ1) is 11.4. The van der Waals surface area contributed by atoms with E-state index in [1.165, 1.54) is 23.0 Å². The van der Waals surface area contributed by atoms with Crippen LogP contribution < -0.4 is 5.32 Å². The lowest BCUT2D eigenvalue weighted by molar-refractivity contribution is 0.0886. The number of H-pyrrole nitrogens is 1. The highest BCUT2D eigenvalue weighted by Crippen LogP contribution is 2.29. The van der Waals surface area contributed by atoms with Gasteiger partial charge in [0.2, 0.25) is 10.0 Å². The average Bonchev–Trinajstić information content (AvgIpc) is 3.22. The number of amides is 1. The van der Waals surface area contributed by atoms with E-state index in [1.807, 2.05) is 0 Å². The zero-order valence-electron chi connectivity index (χ0n) is 14.4. The summed E-state index contributed by atoms with van der Waals surface area (Å²) in [5, 5.41) is 3.07. The first-order valence-electron chi connectivity index (χ1n) is 8.89. The van der Waals surface area contributed by atoms with Crippen molar-refractivity contribution >= 4 is 15.9 Å². The van der Waals surface area contributed by atoms with Gasteiger partial charge in [0.15, 0.2) is 0 Å². The van der Waals surface area contributed by atoms with Crippen LogP contribution in [0.3, 0.4) is 0 Å². The highest BCUT2D eigenvalue weighted by atomic mass is 32.2. The molecular formula is C17H27N3O3S. The Labute approximate surface area is 144 Å². The van der Waals surface area contributed by atoms with E-state index >= 15 is 0 Å². The topological polar surface area (TPSA) is 82.3 Å². The summed E-state index contributed by atoms with van der Waals surface area (Å²) in [5.74, 6) is 0.813. The fourth-order valence-corrected chi connectivity index (χ4v) is 5.28. The number of hydrogen-bond donors (Lipinski definition) is 2. The fraction of sp³-hybridized carbons (Fsp3) is 0.706. The molecule has 24 heavy (non-hydrogen) atoms. The van der Waals surface area contributed by atoms with Gasteiger partial charge in [0.1, 0.15) is 10.6 Å². The highest BCUT2D eigenvalue weighted by Gasteiger charge is 2.31. The maximum Gasteiger partial charge on any atom is 0.267 e. The monoisotopic (exact) mass is 353 g/mol. The molecule has 1 aliphatic heterocycles. The van der Waals surface area contributed by atoms with Crippen LogP contribution >= 0.6 is 0 Å². The summed E-state index contributed by atoms with van der Waals surface area (Å²) in [5.41, 5.74) is 0.318. The molecule has 0 radical (unpaired) electrons. The molecule has 1 saturated carbocycles. The van der Waals surface area contributed by atoms with Crippen LogP contribution in [-0.4, -0.2) is 42.7 Å². The second-order valence-corrected chi connectivity index (χ2v) is 9.15. The van der Waals surface area contributed by atoms with Crippen LogP contribution in [0.2, 0.25) is 0 Å². The van der Waals surface area contributed by atoms with E-state index in [1.54, 1.807) is 0 Å². The maximum atomic E-state index is 12.5. The minimum atomic E-state index is -3.48. The molecule has 1 aromatic rings. The molecule has 3 atom stereocenters. The number of aromatic nitrogens is 1. The lowest BCUT2D eigenvalue weighted by atomic mass is 9.78. The van der Waals surface area contributed by atoms with Crippen molar-refractivity contribution in [1.29, 1.82) is 0 Å². The van der Waals surface area contributed by atoms with E-state index in [2.05, 4.69) is 24.1 Å². The van der Waals surface area contributed by atoms with Gasteiger partial charge in [-0.2, -0.15) is 4.31 Å². The Morgan fingerprint density at radius 2 is 1.92 bits per heavy atom. The Bertz CT molecular complexity index is 692. The largest absolute Gasteiger partial charge is 0.356 e. The number of nitrogens with one attached hydrogen (secondary N) is 2. The predicted octanol–water partition coefficient (Wildman–Crippen LogP) is 2.35. The SMILES string of the molecule is CC1CCCC(NC(=O)c2cc(S(=O)(=O)N3CCCC3)c[nH]2)C1C. The number of carbonyl (C=O) groups excluding carboxylic acids is 1. The Kier molecular flexibility index (Phi) is 5.01. The third-order valence-electron chi connectivity index (χ3n) is 5.63. The van der Waals surface area contributed by atoms with Gasteiger partial charge < -0.3 is 10.3 Å². The summed E-state index contributed by atoms with van der Waals surface area (Å²) in [6.45, 7) is 5.52. The smallest absolute Gasteiger partial charge is 0.267 e. The summed E-state index contributed by atoms with van der Waals surface area (Å²) in [6, 6.07) is 1.61. The summed E-state index contributed by atoms with van der Waals surface area (Å²) in [4.78, 5) is 15.5. The van der Waals surface area contributed by atoms with Crippen LogP contribution in [0.15, 0.2) is 17.2 Å². The van der Waals surface area contributed by atoms with Crippen molar-refractivity contribution in [3.63, 3.8) is 0 Å². The van der Waals surface area contributed by atoms with Crippen LogP contribution in [0.25, 0.3) is 0 Å². The van der Waals surface area contributed by atoms with Gasteiger partial charge in [-0.1, -0.05) is 26.7 Å². The van der Waals surface area contributed by atoms with Gasteiger partial charge in [0, 0.05) is 25.3 Å². The summed E-state index contributed by atoms with van der Waals surface area (Å²) in [6.07, 6.45) is 6.53. The zero-order valence-corrected chi connectivity index (χ0v) is 15.2. The van der Waals surface area contributed by atoms with E-state index in [-0.39, 0.29) is 16.8 Å². The number of sulfonamides is 1. The lowest BCUT2D eigenvalue weighted by Gasteiger charge is -2.34. The number of aromatic amines is 1. The number of rotatable bonds is 4. The number of carbonyl (C=O) groups is 1. The first-order valence-corrected chi connectivity index (χ1v) is 10.3. The van der Waals surface area contributed by atoms with E-state index in [0.717, 1.165) is 25.7 Å². The minimum absolute atomic E-state index is 0.156. The summed E-state index contributed by atoms with van der Waals surface area (Å²) < 4.78 is 26.5. The quantitative estimate of drug-likeness (QED) is 0.872. The van der Waals surface area contributed by atoms with Crippen molar-refractivity contribution in [1.82, 2.24) is 14.6 Å². The highest BCUT2D eigenvalue weighted by molar-refractivity contribution is 7.89. The Morgan fingerprint density at radius 1 is 1.21 bits per heavy atom. The summed E-state index contributed by atoms with van der Waals surface area (Å²) in [7, 11) is -3.48. The first kappa shape index (κ1) is 17.5. The molecule has 6 nitrogen and oxygen atoms in total. The van der Waals surface area contributed by atoms with Gasteiger partial charge in [-0.05, 0) is 37.2 Å². The molecule has 134 valence electrons. The lowest BCUT2D eigenvalue weighted by Crippen LogP contribution is -2.43. The van der Waals surface area contributed by atoms with E-state index in [0.29, 0.717) is 30.6 Å². The molecule has 0 spiro atoms. The van der Waals surface area contributed by atoms with E-state index < -0.39 is 10.0 Å². The van der Waals surface area contributed by atoms with Crippen LogP contribution in [0.1, 0.15) is 56.4 Å². The van der Waals surface area contributed by atoms with Crippen molar-refractivity contribution in [2.75, 3.05) is 13.1 Å². The molecule has 2 heterocycles. The molecular weight excluding hydrogens is 326 g/mol. The third-order valence-corrected chi connectivity index (χ3v) is 7.50. The van der Waals surface area contributed by atoms with Crippen LogP contribution in [0.4, 0.5) is 0 Å². The Hall–Kier alpha value is -1.34. The molecule has 2 aliphatic rings. The Balaban J connectivity index is 1.69. The van der Waals surface area contributed by atoms with Gasteiger partial charge in [-0.25, -0.2) is 8.42 Å². The van der Waals surface area contributed by atoms with Crippen molar-refractivity contribution in [3.8, 4) is 0 Å². The van der Waals surface area contributed by atoms with Crippen LogP contribution in [-0.2, 0) is 10.0 Å². The van der Waals surface area contributed by atoms with Gasteiger partial charge >= 0.3 is 0 Å². The van der Waals surface area contributed by atoms with E-state index in [4.69, 9.17) is 0 Å². The molecule has 3 unspecified atom stereocenters. The second-order valence-electron chi connectivity index (χ2n) is 7.21. The fourth-order valence-electron chi connectivity index (χ4n) is 3.76. The molecule has 0 bridgehead atoms. The van der Waals surface area contributed by atoms with Gasteiger partial charge in [0.05, 0.1) is 0 Å². The molecule has 1 amide bonds. The number of hydrogen-bond acceptors (Lipinski definition) is 3. The van der Waals surface area contributed by atoms with Gasteiger partial charge in [0.25, 0.3) is 5.91 Å². The molecule has 3 rings (SSSR count). The van der Waals surface area contributed by atoms with Crippen LogP contribution in [0.5, 0.6) is 0 Å².